The van der Waals surface area contributed by atoms with Gasteiger partial charge < -0.3 is 20.0 Å². The Morgan fingerprint density at radius 3 is 2.83 bits per heavy atom. The van der Waals surface area contributed by atoms with E-state index in [0.717, 1.165) is 6.54 Å². The van der Waals surface area contributed by atoms with Gasteiger partial charge in [0.1, 0.15) is 5.69 Å². The highest BCUT2D eigenvalue weighted by Gasteiger charge is 2.19. The largest absolute Gasteiger partial charge is 0.391 e. The van der Waals surface area contributed by atoms with Crippen molar-refractivity contribution in [2.24, 2.45) is 5.73 Å². The zero-order chi connectivity index (χ0) is 16.4. The SMILES string of the molecule is C[C@H](O)[C@@H](CCn1ccc2ccccc21)n1cnc(C(N)=O)c1. The first-order chi connectivity index (χ1) is 11.1. The summed E-state index contributed by atoms with van der Waals surface area (Å²) >= 11 is 0. The molecule has 1 amide bonds. The molecule has 3 rings (SSSR count). The van der Waals surface area contributed by atoms with Crippen LogP contribution in [0.5, 0.6) is 0 Å². The zero-order valence-electron chi connectivity index (χ0n) is 13.0. The molecule has 2 atom stereocenters. The van der Waals surface area contributed by atoms with E-state index in [0.29, 0.717) is 6.42 Å². The third-order valence-electron chi connectivity index (χ3n) is 4.14. The van der Waals surface area contributed by atoms with Gasteiger partial charge in [-0.05, 0) is 30.9 Å². The number of amides is 1. The number of benzene rings is 1. The fourth-order valence-electron chi connectivity index (χ4n) is 2.89. The highest BCUT2D eigenvalue weighted by molar-refractivity contribution is 5.90. The lowest BCUT2D eigenvalue weighted by molar-refractivity contribution is 0.0994. The maximum Gasteiger partial charge on any atom is 0.268 e. The van der Waals surface area contributed by atoms with Crippen LogP contribution in [-0.2, 0) is 6.54 Å². The number of aliphatic hydroxyl groups is 1. The van der Waals surface area contributed by atoms with Crippen molar-refractivity contribution in [2.75, 3.05) is 0 Å². The van der Waals surface area contributed by atoms with Crippen molar-refractivity contribution in [3.05, 3.63) is 54.7 Å². The Balaban J connectivity index is 1.78. The first-order valence-corrected chi connectivity index (χ1v) is 7.61. The van der Waals surface area contributed by atoms with Crippen LogP contribution < -0.4 is 5.73 Å². The van der Waals surface area contributed by atoms with Crippen LogP contribution in [0.3, 0.4) is 0 Å². The summed E-state index contributed by atoms with van der Waals surface area (Å²) in [6.45, 7) is 2.50. The third-order valence-corrected chi connectivity index (χ3v) is 4.14. The molecule has 0 saturated heterocycles. The smallest absolute Gasteiger partial charge is 0.268 e. The van der Waals surface area contributed by atoms with Gasteiger partial charge in [-0.15, -0.1) is 0 Å². The lowest BCUT2D eigenvalue weighted by Gasteiger charge is -2.21. The van der Waals surface area contributed by atoms with E-state index < -0.39 is 12.0 Å². The average molecular weight is 312 g/mol. The minimum atomic E-state index is -0.565. The maximum absolute atomic E-state index is 11.2. The molecule has 23 heavy (non-hydrogen) atoms. The lowest BCUT2D eigenvalue weighted by atomic mass is 10.1. The van der Waals surface area contributed by atoms with Crippen molar-refractivity contribution in [1.82, 2.24) is 14.1 Å². The fraction of sp³-hybridized carbons (Fsp3) is 0.294. The second-order valence-corrected chi connectivity index (χ2v) is 5.73. The van der Waals surface area contributed by atoms with Crippen LogP contribution in [0.2, 0.25) is 0 Å². The molecule has 0 aliphatic rings. The molecule has 3 N–H and O–H groups in total. The zero-order valence-corrected chi connectivity index (χ0v) is 13.0. The number of aliphatic hydroxyl groups excluding tert-OH is 1. The molecule has 0 unspecified atom stereocenters. The Kier molecular flexibility index (Phi) is 4.16. The predicted octanol–water partition coefficient (Wildman–Crippen LogP) is 1.95. The van der Waals surface area contributed by atoms with Gasteiger partial charge in [0.2, 0.25) is 0 Å². The van der Waals surface area contributed by atoms with Crippen LogP contribution in [0.15, 0.2) is 49.1 Å². The van der Waals surface area contributed by atoms with Crippen molar-refractivity contribution >= 4 is 16.8 Å². The third kappa shape index (κ3) is 3.12. The van der Waals surface area contributed by atoms with Crippen LogP contribution in [0, 0.1) is 0 Å². The number of nitrogens with two attached hydrogens (primary N) is 1. The Labute approximate surface area is 134 Å². The van der Waals surface area contributed by atoms with Crippen LogP contribution in [0.25, 0.3) is 10.9 Å². The number of nitrogens with zero attached hydrogens (tertiary/aromatic N) is 3. The van der Waals surface area contributed by atoms with E-state index >= 15 is 0 Å². The molecular weight excluding hydrogens is 292 g/mol. The second-order valence-electron chi connectivity index (χ2n) is 5.73. The van der Waals surface area contributed by atoms with E-state index in [1.807, 2.05) is 18.3 Å². The summed E-state index contributed by atoms with van der Waals surface area (Å²) in [7, 11) is 0. The second kappa shape index (κ2) is 6.26. The van der Waals surface area contributed by atoms with Gasteiger partial charge in [-0.2, -0.15) is 0 Å². The normalized spacial score (nSPS) is 14.0. The number of imidazole rings is 1. The first kappa shape index (κ1) is 15.3. The van der Waals surface area contributed by atoms with Crippen LogP contribution in [0.4, 0.5) is 0 Å². The van der Waals surface area contributed by atoms with E-state index in [-0.39, 0.29) is 11.7 Å². The van der Waals surface area contributed by atoms with Crippen molar-refractivity contribution in [3.8, 4) is 0 Å². The van der Waals surface area contributed by atoms with Gasteiger partial charge in [-0.1, -0.05) is 18.2 Å². The summed E-state index contributed by atoms with van der Waals surface area (Å²) in [5, 5.41) is 11.3. The molecule has 2 heterocycles. The molecule has 0 saturated carbocycles. The average Bonchev–Trinajstić information content (AvgIpc) is 3.15. The van der Waals surface area contributed by atoms with Gasteiger partial charge in [-0.25, -0.2) is 4.98 Å². The highest BCUT2D eigenvalue weighted by Crippen LogP contribution is 2.21. The topological polar surface area (TPSA) is 86.1 Å². The van der Waals surface area contributed by atoms with Crippen LogP contribution >= 0.6 is 0 Å². The van der Waals surface area contributed by atoms with Gasteiger partial charge in [0.25, 0.3) is 5.91 Å². The fourth-order valence-corrected chi connectivity index (χ4v) is 2.89. The summed E-state index contributed by atoms with van der Waals surface area (Å²) in [6, 6.07) is 10.1. The minimum Gasteiger partial charge on any atom is -0.391 e. The molecule has 0 spiro atoms. The van der Waals surface area contributed by atoms with Crippen molar-refractivity contribution in [2.45, 2.75) is 32.0 Å². The van der Waals surface area contributed by atoms with E-state index in [1.54, 1.807) is 24.0 Å². The summed E-state index contributed by atoms with van der Waals surface area (Å²) in [5.74, 6) is -0.565. The molecular formula is C17H20N4O2. The molecule has 0 radical (unpaired) electrons. The van der Waals surface area contributed by atoms with Gasteiger partial charge in [0.05, 0.1) is 18.5 Å². The van der Waals surface area contributed by atoms with E-state index in [1.165, 1.54) is 10.9 Å². The first-order valence-electron chi connectivity index (χ1n) is 7.61. The van der Waals surface area contributed by atoms with Gasteiger partial charge >= 0.3 is 0 Å². The summed E-state index contributed by atoms with van der Waals surface area (Å²) in [6.07, 6.45) is 5.34. The highest BCUT2D eigenvalue weighted by atomic mass is 16.3. The number of carbonyl (C=O) groups is 1. The molecule has 0 aliphatic heterocycles. The van der Waals surface area contributed by atoms with Gasteiger partial charge in [-0.3, -0.25) is 4.79 Å². The van der Waals surface area contributed by atoms with E-state index in [9.17, 15) is 9.90 Å². The Morgan fingerprint density at radius 1 is 1.35 bits per heavy atom. The van der Waals surface area contributed by atoms with Crippen molar-refractivity contribution in [3.63, 3.8) is 0 Å². The standard InChI is InChI=1S/C17H20N4O2/c1-12(22)15(21-10-14(17(18)23)19-11-21)7-9-20-8-6-13-4-2-3-5-16(13)20/h2-6,8,10-12,15,22H,7,9H2,1H3,(H2,18,23)/t12-,15+/m0/s1. The molecule has 3 aromatic rings. The molecule has 6 heteroatoms. The number of fused-ring (bicyclic) bond motifs is 1. The number of rotatable bonds is 6. The number of para-hydroxylation sites is 1. The summed E-state index contributed by atoms with van der Waals surface area (Å²) in [5.41, 5.74) is 6.61. The number of hydrogen-bond acceptors (Lipinski definition) is 3. The predicted molar refractivity (Wildman–Crippen MR) is 88.0 cm³/mol. The lowest BCUT2D eigenvalue weighted by Crippen LogP contribution is -2.22. The number of carbonyl (C=O) groups excluding carboxylic acids is 1. The van der Waals surface area contributed by atoms with Crippen molar-refractivity contribution in [1.29, 1.82) is 0 Å². The number of hydrogen-bond donors (Lipinski definition) is 2. The van der Waals surface area contributed by atoms with E-state index in [2.05, 4.69) is 27.8 Å². The number of aryl methyl sites for hydroxylation is 1. The van der Waals surface area contributed by atoms with Crippen molar-refractivity contribution < 1.29 is 9.90 Å². The van der Waals surface area contributed by atoms with Crippen LogP contribution in [-0.4, -0.2) is 31.2 Å². The monoisotopic (exact) mass is 312 g/mol. The molecule has 0 aliphatic carbocycles. The van der Waals surface area contributed by atoms with E-state index in [4.69, 9.17) is 5.73 Å². The number of aromatic nitrogens is 3. The van der Waals surface area contributed by atoms with Gasteiger partial charge in [0.15, 0.2) is 0 Å². The maximum atomic E-state index is 11.2. The van der Waals surface area contributed by atoms with Gasteiger partial charge in [0, 0.05) is 24.5 Å². The number of primary amides is 1. The molecule has 0 fully saturated rings. The Morgan fingerprint density at radius 2 is 2.13 bits per heavy atom. The molecule has 6 nitrogen and oxygen atoms in total. The van der Waals surface area contributed by atoms with Crippen LogP contribution in [0.1, 0.15) is 29.9 Å². The Bertz CT molecular complexity index is 819. The summed E-state index contributed by atoms with van der Waals surface area (Å²) < 4.78 is 3.92. The molecule has 0 bridgehead atoms. The molecule has 2 aromatic heterocycles. The quantitative estimate of drug-likeness (QED) is 0.729. The summed E-state index contributed by atoms with van der Waals surface area (Å²) in [4.78, 5) is 15.2. The molecule has 1 aromatic carbocycles. The Hall–Kier alpha value is -2.60. The molecule has 120 valence electrons. The minimum absolute atomic E-state index is 0.170.